The number of anilines is 1. The van der Waals surface area contributed by atoms with Gasteiger partial charge in [0.05, 0.1) is 4.88 Å². The predicted molar refractivity (Wildman–Crippen MR) is 121 cm³/mol. The summed E-state index contributed by atoms with van der Waals surface area (Å²) in [4.78, 5) is 27.1. The van der Waals surface area contributed by atoms with Gasteiger partial charge in [0.2, 0.25) is 5.55 Å². The number of nitrogens with zero attached hydrogens (tertiary/aromatic N) is 2. The van der Waals surface area contributed by atoms with Gasteiger partial charge >= 0.3 is 0 Å². The van der Waals surface area contributed by atoms with Gasteiger partial charge in [0, 0.05) is 39.6 Å². The Kier molecular flexibility index (Phi) is 5.56. The van der Waals surface area contributed by atoms with E-state index in [0.717, 1.165) is 33.6 Å². The molecule has 9 heteroatoms. The van der Waals surface area contributed by atoms with E-state index in [4.69, 9.17) is 10.2 Å². The van der Waals surface area contributed by atoms with Crippen LogP contribution >= 0.6 is 22.7 Å². The zero-order chi connectivity index (χ0) is 21.3. The average molecular weight is 441 g/mol. The van der Waals surface area contributed by atoms with Crippen LogP contribution in [0.25, 0.3) is 20.4 Å². The highest BCUT2D eigenvalue weighted by Crippen LogP contribution is 2.29. The van der Waals surface area contributed by atoms with E-state index in [-0.39, 0.29) is 17.0 Å². The number of carbonyl (C=O) groups excluding carboxylic acids is 2. The first kappa shape index (κ1) is 20.1. The van der Waals surface area contributed by atoms with E-state index in [1.54, 1.807) is 17.4 Å². The smallest absolute Gasteiger partial charge is 0.281 e. The molecule has 7 nitrogen and oxygen atoms in total. The standard InChI is InChI=1S/C21H20N4O3S2/c1-3-25(4-2)13-6-5-12-9-14(19(22)26)21(28-15(12)10-13)24-23-20(27)18-11-17-16(30-18)7-8-29-17/h5-11H,3-4H2,1-2H3,(H2,22,26)(H,23,27)/b24-21-. The predicted octanol–water partition coefficient (Wildman–Crippen LogP) is 3.90. The molecule has 3 heterocycles. The Labute approximate surface area is 180 Å². The Morgan fingerprint density at radius 1 is 1.13 bits per heavy atom. The molecular weight excluding hydrogens is 420 g/mol. The van der Waals surface area contributed by atoms with Gasteiger partial charge < -0.3 is 15.1 Å². The largest absolute Gasteiger partial charge is 0.436 e. The van der Waals surface area contributed by atoms with E-state index < -0.39 is 5.91 Å². The number of fused-ring (bicyclic) bond motifs is 2. The monoisotopic (exact) mass is 440 g/mol. The molecule has 0 unspecified atom stereocenters. The molecule has 0 radical (unpaired) electrons. The summed E-state index contributed by atoms with van der Waals surface area (Å²) in [7, 11) is 0. The van der Waals surface area contributed by atoms with Gasteiger partial charge in [-0.05, 0) is 49.6 Å². The minimum Gasteiger partial charge on any atom is -0.436 e. The van der Waals surface area contributed by atoms with Crippen molar-refractivity contribution in [3.63, 3.8) is 0 Å². The van der Waals surface area contributed by atoms with Gasteiger partial charge in [0.1, 0.15) is 11.1 Å². The summed E-state index contributed by atoms with van der Waals surface area (Å²) < 4.78 is 7.95. The lowest BCUT2D eigenvalue weighted by Crippen LogP contribution is -2.26. The minimum absolute atomic E-state index is 0.0292. The second-order valence-electron chi connectivity index (χ2n) is 6.54. The Balaban J connectivity index is 1.72. The molecule has 0 saturated heterocycles. The number of hydrogen-bond acceptors (Lipinski definition) is 7. The molecule has 0 bridgehead atoms. The quantitative estimate of drug-likeness (QED) is 0.444. The third kappa shape index (κ3) is 3.81. The maximum absolute atomic E-state index is 12.5. The van der Waals surface area contributed by atoms with Gasteiger partial charge in [0.15, 0.2) is 0 Å². The van der Waals surface area contributed by atoms with Crippen LogP contribution in [0.4, 0.5) is 5.69 Å². The lowest BCUT2D eigenvalue weighted by Gasteiger charge is -2.21. The van der Waals surface area contributed by atoms with Crippen LogP contribution in [0.15, 0.2) is 51.3 Å². The number of benzene rings is 1. The molecule has 2 amide bonds. The molecule has 4 aromatic rings. The third-order valence-corrected chi connectivity index (χ3v) is 6.84. The van der Waals surface area contributed by atoms with Crippen LogP contribution in [0.3, 0.4) is 0 Å². The van der Waals surface area contributed by atoms with Gasteiger partial charge in [-0.3, -0.25) is 9.59 Å². The number of hydrogen-bond donors (Lipinski definition) is 2. The van der Waals surface area contributed by atoms with Crippen LogP contribution in [0.5, 0.6) is 0 Å². The summed E-state index contributed by atoms with van der Waals surface area (Å²) >= 11 is 2.95. The number of primary amides is 1. The topological polar surface area (TPSA) is 101 Å². The van der Waals surface area contributed by atoms with Crippen molar-refractivity contribution in [3.8, 4) is 0 Å². The average Bonchev–Trinajstić information content (AvgIpc) is 3.34. The highest BCUT2D eigenvalue weighted by molar-refractivity contribution is 7.27. The SMILES string of the molecule is CCN(CC)c1ccc2cc(C(N)=O)/c(=N/NC(=O)c3cc4sccc4s3)oc2c1. The number of amides is 2. The van der Waals surface area contributed by atoms with E-state index >= 15 is 0 Å². The highest BCUT2D eigenvalue weighted by Gasteiger charge is 2.13. The molecule has 0 saturated carbocycles. The molecule has 0 atom stereocenters. The van der Waals surface area contributed by atoms with Crippen LogP contribution in [-0.4, -0.2) is 24.9 Å². The van der Waals surface area contributed by atoms with Crippen molar-refractivity contribution in [2.24, 2.45) is 10.8 Å². The van der Waals surface area contributed by atoms with E-state index in [9.17, 15) is 9.59 Å². The maximum atomic E-state index is 12.5. The fraction of sp³-hybridized carbons (Fsp3) is 0.190. The third-order valence-electron chi connectivity index (χ3n) is 4.75. The number of nitrogens with two attached hydrogens (primary N) is 1. The molecule has 0 aliphatic heterocycles. The Bertz CT molecular complexity index is 1290. The van der Waals surface area contributed by atoms with Gasteiger partial charge in [-0.2, -0.15) is 0 Å². The summed E-state index contributed by atoms with van der Waals surface area (Å²) in [6.07, 6.45) is 0. The van der Waals surface area contributed by atoms with E-state index in [1.807, 2.05) is 35.7 Å². The summed E-state index contributed by atoms with van der Waals surface area (Å²) in [5.74, 6) is -1.05. The van der Waals surface area contributed by atoms with E-state index in [0.29, 0.717) is 10.5 Å². The van der Waals surface area contributed by atoms with Crippen LogP contribution in [0.2, 0.25) is 0 Å². The fourth-order valence-corrected chi connectivity index (χ4v) is 5.18. The first-order chi connectivity index (χ1) is 14.5. The Hall–Kier alpha value is -3.17. The molecule has 0 aliphatic carbocycles. The van der Waals surface area contributed by atoms with Gasteiger partial charge in [-0.1, -0.05) is 0 Å². The fourth-order valence-electron chi connectivity index (χ4n) is 3.19. The summed E-state index contributed by atoms with van der Waals surface area (Å²) in [5, 5.41) is 6.76. The second-order valence-corrected chi connectivity index (χ2v) is 8.57. The molecular formula is C21H20N4O3S2. The van der Waals surface area contributed by atoms with Crippen LogP contribution < -0.4 is 21.6 Å². The molecule has 30 heavy (non-hydrogen) atoms. The molecule has 1 aromatic carbocycles. The number of thiophene rings is 2. The maximum Gasteiger partial charge on any atom is 0.281 e. The molecule has 3 N–H and O–H groups in total. The second kappa shape index (κ2) is 8.29. The lowest BCUT2D eigenvalue weighted by molar-refractivity contribution is 0.0950. The summed E-state index contributed by atoms with van der Waals surface area (Å²) in [5.41, 5.74) is 9.60. The van der Waals surface area contributed by atoms with Crippen molar-refractivity contribution in [1.82, 2.24) is 5.43 Å². The van der Waals surface area contributed by atoms with E-state index in [2.05, 4.69) is 29.3 Å². The zero-order valence-corrected chi connectivity index (χ0v) is 18.1. The number of rotatable bonds is 6. The normalized spacial score (nSPS) is 11.9. The first-order valence-corrected chi connectivity index (χ1v) is 11.1. The van der Waals surface area contributed by atoms with Crippen LogP contribution in [0, 0.1) is 0 Å². The van der Waals surface area contributed by atoms with E-state index in [1.165, 1.54) is 11.3 Å². The number of carbonyl (C=O) groups is 2. The van der Waals surface area contributed by atoms with Crippen molar-refractivity contribution < 1.29 is 14.0 Å². The number of nitrogens with one attached hydrogen (secondary N) is 1. The first-order valence-electron chi connectivity index (χ1n) is 9.44. The lowest BCUT2D eigenvalue weighted by atomic mass is 10.1. The van der Waals surface area contributed by atoms with Crippen LogP contribution in [-0.2, 0) is 0 Å². The zero-order valence-electron chi connectivity index (χ0n) is 16.5. The van der Waals surface area contributed by atoms with Gasteiger partial charge in [-0.15, -0.1) is 27.8 Å². The molecule has 4 rings (SSSR count). The minimum atomic E-state index is -0.682. The van der Waals surface area contributed by atoms with Gasteiger partial charge in [0.25, 0.3) is 11.8 Å². The highest BCUT2D eigenvalue weighted by atomic mass is 32.1. The Morgan fingerprint density at radius 3 is 2.63 bits per heavy atom. The van der Waals surface area contributed by atoms with Crippen molar-refractivity contribution in [1.29, 1.82) is 0 Å². The Morgan fingerprint density at radius 2 is 1.93 bits per heavy atom. The molecule has 0 fully saturated rings. The van der Waals surface area contributed by atoms with Crippen LogP contribution in [0.1, 0.15) is 33.9 Å². The van der Waals surface area contributed by atoms with Gasteiger partial charge in [-0.25, -0.2) is 5.43 Å². The van der Waals surface area contributed by atoms with Crippen molar-refractivity contribution in [2.75, 3.05) is 18.0 Å². The van der Waals surface area contributed by atoms with Crippen molar-refractivity contribution >= 4 is 60.5 Å². The van der Waals surface area contributed by atoms with Crippen molar-refractivity contribution in [3.05, 3.63) is 57.8 Å². The molecule has 0 aliphatic rings. The van der Waals surface area contributed by atoms with Crippen molar-refractivity contribution in [2.45, 2.75) is 13.8 Å². The molecule has 0 spiro atoms. The molecule has 154 valence electrons. The molecule has 3 aromatic heterocycles. The summed E-state index contributed by atoms with van der Waals surface area (Å²) in [6.45, 7) is 5.86. The summed E-state index contributed by atoms with van der Waals surface area (Å²) in [6, 6.07) is 11.1.